The summed E-state index contributed by atoms with van der Waals surface area (Å²) in [6.45, 7) is 7.20. The van der Waals surface area contributed by atoms with Gasteiger partial charge in [-0.25, -0.2) is 8.42 Å². The molecule has 5 nitrogen and oxygen atoms in total. The molecule has 118 valence electrons. The van der Waals surface area contributed by atoms with Gasteiger partial charge >= 0.3 is 0 Å². The van der Waals surface area contributed by atoms with Gasteiger partial charge in [0.2, 0.25) is 5.91 Å². The molecule has 1 aliphatic carbocycles. The van der Waals surface area contributed by atoms with Gasteiger partial charge in [-0.05, 0) is 44.9 Å². The first-order valence-electron chi connectivity index (χ1n) is 6.99. The molecule has 0 saturated heterocycles. The second-order valence-corrected chi connectivity index (χ2v) is 9.92. The average molecular weight is 305 g/mol. The van der Waals surface area contributed by atoms with Gasteiger partial charge in [0.1, 0.15) is 4.75 Å². The number of carbonyl (C=O) groups excluding carboxylic acids is 1. The van der Waals surface area contributed by atoms with Crippen LogP contribution in [-0.4, -0.2) is 42.6 Å². The summed E-state index contributed by atoms with van der Waals surface area (Å²) in [6, 6.07) is 0. The topological polar surface area (TPSA) is 83.5 Å². The van der Waals surface area contributed by atoms with E-state index in [4.69, 9.17) is 0 Å². The number of hydrogen-bond acceptors (Lipinski definition) is 4. The Labute approximate surface area is 122 Å². The van der Waals surface area contributed by atoms with Crippen molar-refractivity contribution >= 4 is 15.7 Å². The minimum Gasteiger partial charge on any atom is -0.388 e. The molecule has 0 spiro atoms. The maximum Gasteiger partial charge on any atom is 0.240 e. The van der Waals surface area contributed by atoms with E-state index < -0.39 is 26.1 Å². The predicted octanol–water partition coefficient (Wildman–Crippen LogP) is 1.26. The van der Waals surface area contributed by atoms with Gasteiger partial charge in [-0.15, -0.1) is 0 Å². The summed E-state index contributed by atoms with van der Waals surface area (Å²) in [4.78, 5) is 12.0. The molecule has 0 heterocycles. The van der Waals surface area contributed by atoms with Gasteiger partial charge in [0.15, 0.2) is 9.84 Å². The second kappa shape index (κ2) is 5.30. The van der Waals surface area contributed by atoms with Crippen molar-refractivity contribution in [1.82, 2.24) is 5.32 Å². The summed E-state index contributed by atoms with van der Waals surface area (Å²) in [5.74, 6) is -0.557. The SMILES string of the molecule is CC1(C)CCC(O)(CNC(=O)C(C)(C)S(C)(=O)=O)CC1. The number of sulfone groups is 1. The van der Waals surface area contributed by atoms with Gasteiger partial charge in [0.05, 0.1) is 5.60 Å². The van der Waals surface area contributed by atoms with Crippen molar-refractivity contribution in [2.75, 3.05) is 12.8 Å². The van der Waals surface area contributed by atoms with Crippen LogP contribution >= 0.6 is 0 Å². The minimum atomic E-state index is -3.49. The first-order chi connectivity index (χ1) is 8.79. The van der Waals surface area contributed by atoms with Gasteiger partial charge in [0, 0.05) is 12.8 Å². The molecule has 1 saturated carbocycles. The molecule has 6 heteroatoms. The van der Waals surface area contributed by atoms with Crippen LogP contribution in [0.1, 0.15) is 53.4 Å². The van der Waals surface area contributed by atoms with Crippen LogP contribution in [0.15, 0.2) is 0 Å². The largest absolute Gasteiger partial charge is 0.388 e. The Morgan fingerprint density at radius 3 is 2.05 bits per heavy atom. The number of carbonyl (C=O) groups is 1. The summed E-state index contributed by atoms with van der Waals surface area (Å²) >= 11 is 0. The van der Waals surface area contributed by atoms with E-state index in [0.717, 1.165) is 19.1 Å². The summed E-state index contributed by atoms with van der Waals surface area (Å²) in [5.41, 5.74) is -0.693. The van der Waals surface area contributed by atoms with Crippen LogP contribution in [0.3, 0.4) is 0 Å². The molecule has 1 fully saturated rings. The van der Waals surface area contributed by atoms with Crippen LogP contribution in [0.4, 0.5) is 0 Å². The molecule has 1 amide bonds. The lowest BCUT2D eigenvalue weighted by Gasteiger charge is -2.40. The Kier molecular flexibility index (Phi) is 4.62. The molecule has 1 aliphatic rings. The zero-order valence-electron chi connectivity index (χ0n) is 13.1. The van der Waals surface area contributed by atoms with Crippen LogP contribution in [0.25, 0.3) is 0 Å². The van der Waals surface area contributed by atoms with E-state index >= 15 is 0 Å². The first-order valence-corrected chi connectivity index (χ1v) is 8.89. The number of amides is 1. The zero-order chi connectivity index (χ0) is 15.8. The fourth-order valence-electron chi connectivity index (χ4n) is 2.19. The van der Waals surface area contributed by atoms with Crippen molar-refractivity contribution in [3.8, 4) is 0 Å². The van der Waals surface area contributed by atoms with E-state index in [2.05, 4.69) is 19.2 Å². The number of aliphatic hydroxyl groups is 1. The second-order valence-electron chi connectivity index (χ2n) is 7.35. The van der Waals surface area contributed by atoms with E-state index in [1.54, 1.807) is 0 Å². The summed E-state index contributed by atoms with van der Waals surface area (Å²) in [5, 5.41) is 13.1. The molecule has 0 radical (unpaired) electrons. The summed E-state index contributed by atoms with van der Waals surface area (Å²) in [7, 11) is -3.49. The third kappa shape index (κ3) is 3.95. The van der Waals surface area contributed by atoms with Crippen molar-refractivity contribution in [1.29, 1.82) is 0 Å². The Balaban J connectivity index is 2.62. The Morgan fingerprint density at radius 1 is 1.20 bits per heavy atom. The molecule has 1 rings (SSSR count). The molecule has 20 heavy (non-hydrogen) atoms. The number of rotatable bonds is 4. The number of hydrogen-bond donors (Lipinski definition) is 2. The van der Waals surface area contributed by atoms with E-state index in [-0.39, 0.29) is 12.0 Å². The average Bonchev–Trinajstić information content (AvgIpc) is 2.29. The summed E-state index contributed by atoms with van der Waals surface area (Å²) < 4.78 is 21.7. The monoisotopic (exact) mass is 305 g/mol. The van der Waals surface area contributed by atoms with Crippen LogP contribution < -0.4 is 5.32 Å². The molecule has 2 N–H and O–H groups in total. The van der Waals surface area contributed by atoms with Crippen molar-refractivity contribution in [3.05, 3.63) is 0 Å². The molecule has 0 aromatic heterocycles. The molecule has 0 bridgehead atoms. The fraction of sp³-hybridized carbons (Fsp3) is 0.929. The van der Waals surface area contributed by atoms with Crippen molar-refractivity contribution < 1.29 is 18.3 Å². The lowest BCUT2D eigenvalue weighted by atomic mass is 9.71. The zero-order valence-corrected chi connectivity index (χ0v) is 13.9. The van der Waals surface area contributed by atoms with Crippen LogP contribution in [0, 0.1) is 5.41 Å². The standard InChI is InChI=1S/C14H27NO4S/c1-12(2)6-8-14(17,9-7-12)10-15-11(16)13(3,4)20(5,18)19/h17H,6-10H2,1-5H3,(H,15,16). The highest BCUT2D eigenvalue weighted by molar-refractivity contribution is 7.92. The highest BCUT2D eigenvalue weighted by Crippen LogP contribution is 2.39. The lowest BCUT2D eigenvalue weighted by Crippen LogP contribution is -2.53. The third-order valence-corrected chi connectivity index (χ3v) is 6.63. The molecule has 0 aromatic carbocycles. The van der Waals surface area contributed by atoms with E-state index in [9.17, 15) is 18.3 Å². The molecular weight excluding hydrogens is 278 g/mol. The van der Waals surface area contributed by atoms with Crippen LogP contribution in [0.2, 0.25) is 0 Å². The highest BCUT2D eigenvalue weighted by Gasteiger charge is 2.41. The van der Waals surface area contributed by atoms with Crippen molar-refractivity contribution in [3.63, 3.8) is 0 Å². The van der Waals surface area contributed by atoms with Crippen LogP contribution in [-0.2, 0) is 14.6 Å². The van der Waals surface area contributed by atoms with Crippen molar-refractivity contribution in [2.45, 2.75) is 63.7 Å². The normalized spacial score (nSPS) is 22.3. The van der Waals surface area contributed by atoms with Crippen molar-refractivity contribution in [2.24, 2.45) is 5.41 Å². The molecular formula is C14H27NO4S. The van der Waals surface area contributed by atoms with E-state index in [1.807, 2.05) is 0 Å². The minimum absolute atomic E-state index is 0.112. The van der Waals surface area contributed by atoms with Gasteiger partial charge in [-0.2, -0.15) is 0 Å². The Bertz CT molecular complexity index is 469. The lowest BCUT2D eigenvalue weighted by molar-refractivity contribution is -0.124. The smallest absolute Gasteiger partial charge is 0.240 e. The van der Waals surface area contributed by atoms with Gasteiger partial charge < -0.3 is 10.4 Å². The Morgan fingerprint density at radius 2 is 1.65 bits per heavy atom. The van der Waals surface area contributed by atoms with Gasteiger partial charge in [0.25, 0.3) is 0 Å². The third-order valence-electron chi connectivity index (χ3n) is 4.59. The molecule has 0 atom stereocenters. The van der Waals surface area contributed by atoms with Gasteiger partial charge in [-0.1, -0.05) is 13.8 Å². The van der Waals surface area contributed by atoms with Gasteiger partial charge in [-0.3, -0.25) is 4.79 Å². The molecule has 0 unspecified atom stereocenters. The summed E-state index contributed by atoms with van der Waals surface area (Å²) in [6.07, 6.45) is 4.09. The fourth-order valence-corrected chi connectivity index (χ4v) is 2.60. The maximum absolute atomic E-state index is 12.0. The number of nitrogens with one attached hydrogen (secondary N) is 1. The van der Waals surface area contributed by atoms with E-state index in [1.165, 1.54) is 13.8 Å². The van der Waals surface area contributed by atoms with Crippen LogP contribution in [0.5, 0.6) is 0 Å². The Hall–Kier alpha value is -0.620. The highest BCUT2D eigenvalue weighted by atomic mass is 32.2. The van der Waals surface area contributed by atoms with E-state index in [0.29, 0.717) is 12.8 Å². The first kappa shape index (κ1) is 17.4. The quantitative estimate of drug-likeness (QED) is 0.819. The maximum atomic E-state index is 12.0. The predicted molar refractivity (Wildman–Crippen MR) is 79.1 cm³/mol. The molecule has 0 aromatic rings. The molecule has 0 aliphatic heterocycles.